The Bertz CT molecular complexity index is 341. The van der Waals surface area contributed by atoms with Crippen LogP contribution in [0.5, 0.6) is 0 Å². The highest BCUT2D eigenvalue weighted by Crippen LogP contribution is 2.27. The molecule has 1 atom stereocenters. The van der Waals surface area contributed by atoms with Crippen LogP contribution in [0.1, 0.15) is 32.1 Å². The molecule has 1 aliphatic heterocycles. The Kier molecular flexibility index (Phi) is 6.26. The van der Waals surface area contributed by atoms with Crippen molar-refractivity contribution < 1.29 is 14.6 Å². The zero-order valence-electron chi connectivity index (χ0n) is 13.3. The van der Waals surface area contributed by atoms with Crippen molar-refractivity contribution in [3.05, 3.63) is 0 Å². The van der Waals surface area contributed by atoms with Gasteiger partial charge in [0.05, 0.1) is 24.9 Å². The largest absolute Gasteiger partial charge is 0.388 e. The Labute approximate surface area is 127 Å². The molecule has 122 valence electrons. The first-order valence-electron chi connectivity index (χ1n) is 7.95. The van der Waals surface area contributed by atoms with Crippen molar-refractivity contribution in [3.8, 4) is 0 Å². The number of aliphatic hydroxyl groups is 1. The summed E-state index contributed by atoms with van der Waals surface area (Å²) in [6.07, 6.45) is 5.31. The van der Waals surface area contributed by atoms with Gasteiger partial charge in [-0.1, -0.05) is 19.3 Å². The molecule has 21 heavy (non-hydrogen) atoms. The number of methoxy groups -OCH3 is 1. The average Bonchev–Trinajstić information content (AvgIpc) is 2.49. The Morgan fingerprint density at radius 1 is 1.43 bits per heavy atom. The standard InChI is InChI=1S/C15H29N3O3/c1-16-14(17-12-15(19)6-4-3-5-7-15)18-8-9-21-13(10-18)11-20-2/h13,19H,3-12H2,1-2H3,(H,16,17). The van der Waals surface area contributed by atoms with Crippen molar-refractivity contribution in [2.45, 2.75) is 43.8 Å². The smallest absolute Gasteiger partial charge is 0.193 e. The maximum atomic E-state index is 10.6. The van der Waals surface area contributed by atoms with E-state index in [2.05, 4.69) is 15.2 Å². The summed E-state index contributed by atoms with van der Waals surface area (Å²) in [4.78, 5) is 6.53. The highest BCUT2D eigenvalue weighted by molar-refractivity contribution is 5.80. The van der Waals surface area contributed by atoms with Crippen LogP contribution in [0.25, 0.3) is 0 Å². The fraction of sp³-hybridized carbons (Fsp3) is 0.933. The fourth-order valence-corrected chi connectivity index (χ4v) is 3.16. The van der Waals surface area contributed by atoms with Gasteiger partial charge in [-0.3, -0.25) is 4.99 Å². The Balaban J connectivity index is 1.84. The highest BCUT2D eigenvalue weighted by Gasteiger charge is 2.30. The molecule has 0 aromatic carbocycles. The summed E-state index contributed by atoms with van der Waals surface area (Å²) >= 11 is 0. The van der Waals surface area contributed by atoms with E-state index in [1.807, 2.05) is 0 Å². The van der Waals surface area contributed by atoms with E-state index in [0.717, 1.165) is 44.7 Å². The minimum Gasteiger partial charge on any atom is -0.388 e. The van der Waals surface area contributed by atoms with E-state index >= 15 is 0 Å². The van der Waals surface area contributed by atoms with Gasteiger partial charge in [-0.2, -0.15) is 0 Å². The third kappa shape index (κ3) is 4.83. The van der Waals surface area contributed by atoms with Crippen LogP contribution < -0.4 is 5.32 Å². The summed E-state index contributed by atoms with van der Waals surface area (Å²) < 4.78 is 10.8. The molecule has 2 N–H and O–H groups in total. The molecule has 1 heterocycles. The predicted octanol–water partition coefficient (Wildman–Crippen LogP) is 0.604. The van der Waals surface area contributed by atoms with Crippen molar-refractivity contribution >= 4 is 5.96 Å². The fourth-order valence-electron chi connectivity index (χ4n) is 3.16. The quantitative estimate of drug-likeness (QED) is 0.588. The van der Waals surface area contributed by atoms with Gasteiger partial charge in [-0.25, -0.2) is 0 Å². The van der Waals surface area contributed by atoms with Gasteiger partial charge in [-0.15, -0.1) is 0 Å². The normalized spacial score (nSPS) is 26.7. The molecule has 6 nitrogen and oxygen atoms in total. The van der Waals surface area contributed by atoms with E-state index in [9.17, 15) is 5.11 Å². The lowest BCUT2D eigenvalue weighted by molar-refractivity contribution is -0.0453. The molecule has 6 heteroatoms. The zero-order chi connectivity index (χ0) is 15.1. The Morgan fingerprint density at radius 2 is 2.19 bits per heavy atom. The highest BCUT2D eigenvalue weighted by atomic mass is 16.5. The van der Waals surface area contributed by atoms with Gasteiger partial charge >= 0.3 is 0 Å². The van der Waals surface area contributed by atoms with Gasteiger partial charge in [0.15, 0.2) is 5.96 Å². The topological polar surface area (TPSA) is 66.3 Å². The number of guanidine groups is 1. The van der Waals surface area contributed by atoms with E-state index < -0.39 is 5.60 Å². The first-order chi connectivity index (χ1) is 10.2. The second-order valence-electron chi connectivity index (χ2n) is 6.08. The number of aliphatic imine (C=N–C) groups is 1. The lowest BCUT2D eigenvalue weighted by Crippen LogP contribution is -2.54. The molecule has 0 amide bonds. The van der Waals surface area contributed by atoms with Crippen LogP contribution in [0.15, 0.2) is 4.99 Å². The maximum absolute atomic E-state index is 10.6. The summed E-state index contributed by atoms with van der Waals surface area (Å²) in [5.74, 6) is 0.846. The summed E-state index contributed by atoms with van der Waals surface area (Å²) in [6, 6.07) is 0. The van der Waals surface area contributed by atoms with Crippen molar-refractivity contribution in [2.75, 3.05) is 47.0 Å². The summed E-state index contributed by atoms with van der Waals surface area (Å²) in [6.45, 7) is 3.44. The van der Waals surface area contributed by atoms with Crippen molar-refractivity contribution in [1.82, 2.24) is 10.2 Å². The van der Waals surface area contributed by atoms with Crippen LogP contribution in [-0.4, -0.2) is 74.7 Å². The molecule has 1 unspecified atom stereocenters. The SMILES string of the molecule is CN=C(NCC1(O)CCCCC1)N1CCOC(COC)C1. The molecule has 1 saturated carbocycles. The van der Waals surface area contributed by atoms with E-state index in [1.165, 1.54) is 6.42 Å². The molecule has 0 bridgehead atoms. The molecule has 0 aromatic heterocycles. The first-order valence-corrected chi connectivity index (χ1v) is 7.95. The number of ether oxygens (including phenoxy) is 2. The van der Waals surface area contributed by atoms with Crippen LogP contribution >= 0.6 is 0 Å². The van der Waals surface area contributed by atoms with Crippen molar-refractivity contribution in [2.24, 2.45) is 4.99 Å². The molecule has 1 aliphatic carbocycles. The third-order valence-corrected chi connectivity index (χ3v) is 4.36. The lowest BCUT2D eigenvalue weighted by atomic mass is 9.85. The second kappa shape index (κ2) is 7.96. The molecule has 0 aromatic rings. The number of nitrogens with zero attached hydrogens (tertiary/aromatic N) is 2. The van der Waals surface area contributed by atoms with Gasteiger partial charge in [0.25, 0.3) is 0 Å². The van der Waals surface area contributed by atoms with Gasteiger partial charge in [-0.05, 0) is 12.8 Å². The van der Waals surface area contributed by atoms with E-state index in [1.54, 1.807) is 14.2 Å². The Morgan fingerprint density at radius 3 is 2.86 bits per heavy atom. The van der Waals surface area contributed by atoms with Crippen LogP contribution in [0, 0.1) is 0 Å². The van der Waals surface area contributed by atoms with E-state index in [4.69, 9.17) is 9.47 Å². The van der Waals surface area contributed by atoms with Gasteiger partial charge in [0.2, 0.25) is 0 Å². The molecular formula is C15H29N3O3. The monoisotopic (exact) mass is 299 g/mol. The third-order valence-electron chi connectivity index (χ3n) is 4.36. The first kappa shape index (κ1) is 16.5. The maximum Gasteiger partial charge on any atom is 0.193 e. The van der Waals surface area contributed by atoms with Crippen LogP contribution in [-0.2, 0) is 9.47 Å². The molecule has 0 spiro atoms. The number of nitrogens with one attached hydrogen (secondary N) is 1. The predicted molar refractivity (Wildman–Crippen MR) is 82.6 cm³/mol. The molecule has 0 radical (unpaired) electrons. The number of hydrogen-bond acceptors (Lipinski definition) is 4. The summed E-state index contributed by atoms with van der Waals surface area (Å²) in [7, 11) is 3.47. The molecule has 2 rings (SSSR count). The van der Waals surface area contributed by atoms with Gasteiger partial charge in [0.1, 0.15) is 0 Å². The lowest BCUT2D eigenvalue weighted by Gasteiger charge is -2.37. The van der Waals surface area contributed by atoms with E-state index in [-0.39, 0.29) is 6.10 Å². The van der Waals surface area contributed by atoms with E-state index in [0.29, 0.717) is 19.8 Å². The van der Waals surface area contributed by atoms with Gasteiger partial charge in [0, 0.05) is 33.8 Å². The number of morpholine rings is 1. The second-order valence-corrected chi connectivity index (χ2v) is 6.08. The molecule has 1 saturated heterocycles. The molecule has 2 aliphatic rings. The average molecular weight is 299 g/mol. The van der Waals surface area contributed by atoms with Crippen LogP contribution in [0.3, 0.4) is 0 Å². The zero-order valence-corrected chi connectivity index (χ0v) is 13.3. The van der Waals surface area contributed by atoms with Crippen molar-refractivity contribution in [1.29, 1.82) is 0 Å². The molecule has 2 fully saturated rings. The minimum absolute atomic E-state index is 0.0834. The van der Waals surface area contributed by atoms with Gasteiger partial charge < -0.3 is 24.8 Å². The minimum atomic E-state index is -0.577. The van der Waals surface area contributed by atoms with Crippen LogP contribution in [0.2, 0.25) is 0 Å². The number of rotatable bonds is 4. The summed E-state index contributed by atoms with van der Waals surface area (Å²) in [5, 5.41) is 13.9. The molecular weight excluding hydrogens is 270 g/mol. The van der Waals surface area contributed by atoms with Crippen molar-refractivity contribution in [3.63, 3.8) is 0 Å². The Hall–Kier alpha value is -0.850. The summed E-state index contributed by atoms with van der Waals surface area (Å²) in [5.41, 5.74) is -0.577. The number of hydrogen-bond donors (Lipinski definition) is 2. The van der Waals surface area contributed by atoms with Crippen LogP contribution in [0.4, 0.5) is 0 Å².